The van der Waals surface area contributed by atoms with Crippen molar-refractivity contribution in [2.45, 2.75) is 46.0 Å². The van der Waals surface area contributed by atoms with Crippen LogP contribution in [0.5, 0.6) is 5.75 Å². The highest BCUT2D eigenvalue weighted by atomic mass is 16.5. The van der Waals surface area contributed by atoms with E-state index in [1.807, 2.05) is 37.2 Å². The number of anilines is 1. The van der Waals surface area contributed by atoms with Gasteiger partial charge in [-0.25, -0.2) is 0 Å². The Morgan fingerprint density at radius 3 is 2.57 bits per heavy atom. The lowest BCUT2D eigenvalue weighted by molar-refractivity contribution is -0.139. The Morgan fingerprint density at radius 1 is 1.18 bits per heavy atom. The monoisotopic (exact) mass is 381 g/mol. The molecule has 0 fully saturated rings. The fourth-order valence-electron chi connectivity index (χ4n) is 3.85. The van der Waals surface area contributed by atoms with Gasteiger partial charge in [-0.2, -0.15) is 0 Å². The van der Waals surface area contributed by atoms with E-state index in [2.05, 4.69) is 39.0 Å². The van der Waals surface area contributed by atoms with Crippen LogP contribution in [0.4, 0.5) is 5.69 Å². The van der Waals surface area contributed by atoms with Crippen LogP contribution in [-0.4, -0.2) is 31.8 Å². The minimum Gasteiger partial charge on any atom is -0.493 e. The average Bonchev–Trinajstić information content (AvgIpc) is 2.64. The SMILES string of the molecule is CN(C)c1ccc(-c2ccc3c(c2)CCCO3)c(C(CC(C)(C)C)C(=O)O)c1. The van der Waals surface area contributed by atoms with Crippen LogP contribution in [0.1, 0.15) is 50.7 Å². The van der Waals surface area contributed by atoms with Crippen molar-refractivity contribution in [1.29, 1.82) is 0 Å². The quantitative estimate of drug-likeness (QED) is 0.758. The first-order chi connectivity index (χ1) is 13.2. The Hall–Kier alpha value is -2.49. The number of rotatable bonds is 5. The summed E-state index contributed by atoms with van der Waals surface area (Å²) in [5, 5.41) is 10.0. The molecule has 28 heavy (non-hydrogen) atoms. The van der Waals surface area contributed by atoms with Crippen molar-refractivity contribution in [3.8, 4) is 16.9 Å². The standard InChI is InChI=1S/C24H31NO3/c1-24(2,3)15-21(23(26)27)20-14-18(25(4)5)9-10-19(20)16-8-11-22-17(13-16)7-6-12-28-22/h8-11,13-14,21H,6-7,12,15H2,1-5H3,(H,26,27). The Balaban J connectivity index is 2.14. The Bertz CT molecular complexity index is 865. The number of ether oxygens (including phenoxy) is 1. The number of fused-ring (bicyclic) bond motifs is 1. The number of nitrogens with zero attached hydrogens (tertiary/aromatic N) is 1. The number of hydrogen-bond donors (Lipinski definition) is 1. The fourth-order valence-corrected chi connectivity index (χ4v) is 3.85. The van der Waals surface area contributed by atoms with Gasteiger partial charge in [0, 0.05) is 19.8 Å². The van der Waals surface area contributed by atoms with Crippen LogP contribution in [0.3, 0.4) is 0 Å². The first-order valence-corrected chi connectivity index (χ1v) is 9.96. The maximum absolute atomic E-state index is 12.2. The Kier molecular flexibility index (Phi) is 5.69. The molecule has 1 atom stereocenters. The van der Waals surface area contributed by atoms with Crippen molar-refractivity contribution in [2.24, 2.45) is 5.41 Å². The van der Waals surface area contributed by atoms with Gasteiger partial charge in [-0.05, 0) is 71.2 Å². The maximum atomic E-state index is 12.2. The first kappa shape index (κ1) is 20.2. The van der Waals surface area contributed by atoms with Crippen LogP contribution < -0.4 is 9.64 Å². The fraction of sp³-hybridized carbons (Fsp3) is 0.458. The summed E-state index contributed by atoms with van der Waals surface area (Å²) in [6.07, 6.45) is 2.60. The molecule has 1 aliphatic heterocycles. The van der Waals surface area contributed by atoms with Gasteiger partial charge < -0.3 is 14.7 Å². The van der Waals surface area contributed by atoms with Crippen LogP contribution in [0, 0.1) is 5.41 Å². The molecule has 0 aliphatic carbocycles. The first-order valence-electron chi connectivity index (χ1n) is 9.96. The molecule has 2 aromatic rings. The van der Waals surface area contributed by atoms with Crippen molar-refractivity contribution in [1.82, 2.24) is 0 Å². The predicted molar refractivity (Wildman–Crippen MR) is 114 cm³/mol. The number of aliphatic carboxylic acids is 1. The molecule has 4 heteroatoms. The molecule has 0 aromatic heterocycles. The second kappa shape index (κ2) is 7.86. The van der Waals surface area contributed by atoms with Crippen LogP contribution in [0.2, 0.25) is 0 Å². The number of hydrogen-bond acceptors (Lipinski definition) is 3. The second-order valence-electron chi connectivity index (χ2n) is 9.10. The smallest absolute Gasteiger partial charge is 0.311 e. The highest BCUT2D eigenvalue weighted by molar-refractivity contribution is 5.83. The summed E-state index contributed by atoms with van der Waals surface area (Å²) in [4.78, 5) is 14.3. The summed E-state index contributed by atoms with van der Waals surface area (Å²) in [5.74, 6) is -0.374. The van der Waals surface area contributed by atoms with E-state index in [1.165, 1.54) is 5.56 Å². The van der Waals surface area contributed by atoms with Gasteiger partial charge in [-0.3, -0.25) is 4.79 Å². The van der Waals surface area contributed by atoms with Crippen molar-refractivity contribution in [3.05, 3.63) is 47.5 Å². The van der Waals surface area contributed by atoms with Gasteiger partial charge in [-0.15, -0.1) is 0 Å². The summed E-state index contributed by atoms with van der Waals surface area (Å²) in [6, 6.07) is 12.4. The van der Waals surface area contributed by atoms with Crippen molar-refractivity contribution >= 4 is 11.7 Å². The highest BCUT2D eigenvalue weighted by Gasteiger charge is 2.29. The molecule has 0 saturated heterocycles. The number of carboxylic acids is 1. The third-order valence-corrected chi connectivity index (χ3v) is 5.26. The van der Waals surface area contributed by atoms with Gasteiger partial charge in [0.15, 0.2) is 0 Å². The molecule has 0 saturated carbocycles. The molecule has 3 rings (SSSR count). The van der Waals surface area contributed by atoms with Crippen LogP contribution in [-0.2, 0) is 11.2 Å². The largest absolute Gasteiger partial charge is 0.493 e. The van der Waals surface area contributed by atoms with Crippen LogP contribution in [0.25, 0.3) is 11.1 Å². The number of carbonyl (C=O) groups is 1. The highest BCUT2D eigenvalue weighted by Crippen LogP contribution is 2.40. The van der Waals surface area contributed by atoms with Gasteiger partial charge in [0.2, 0.25) is 0 Å². The zero-order valence-electron chi connectivity index (χ0n) is 17.6. The Labute approximate surface area is 168 Å². The molecular formula is C24H31NO3. The maximum Gasteiger partial charge on any atom is 0.311 e. The second-order valence-corrected chi connectivity index (χ2v) is 9.10. The molecule has 1 heterocycles. The van der Waals surface area contributed by atoms with Crippen LogP contribution >= 0.6 is 0 Å². The topological polar surface area (TPSA) is 49.8 Å². The number of benzene rings is 2. The van der Waals surface area contributed by atoms with E-state index in [-0.39, 0.29) is 5.41 Å². The average molecular weight is 382 g/mol. The van der Waals surface area contributed by atoms with Gasteiger partial charge >= 0.3 is 5.97 Å². The molecule has 4 nitrogen and oxygen atoms in total. The molecule has 0 amide bonds. The van der Waals surface area contributed by atoms with E-state index in [1.54, 1.807) is 0 Å². The molecule has 1 N–H and O–H groups in total. The van der Waals surface area contributed by atoms with E-state index in [0.717, 1.165) is 47.6 Å². The molecule has 1 unspecified atom stereocenters. The third-order valence-electron chi connectivity index (χ3n) is 5.26. The normalized spacial score (nSPS) is 14.8. The van der Waals surface area contributed by atoms with Gasteiger partial charge in [0.25, 0.3) is 0 Å². The lowest BCUT2D eigenvalue weighted by Crippen LogP contribution is -2.20. The Morgan fingerprint density at radius 2 is 1.93 bits per heavy atom. The van der Waals surface area contributed by atoms with E-state index >= 15 is 0 Å². The summed E-state index contributed by atoms with van der Waals surface area (Å²) in [6.45, 7) is 7.04. The lowest BCUT2D eigenvalue weighted by atomic mass is 9.79. The predicted octanol–water partition coefficient (Wildman–Crippen LogP) is 5.35. The summed E-state index contributed by atoms with van der Waals surface area (Å²) >= 11 is 0. The molecule has 150 valence electrons. The molecule has 0 radical (unpaired) electrons. The summed E-state index contributed by atoms with van der Waals surface area (Å²) in [7, 11) is 3.96. The third kappa shape index (κ3) is 4.49. The van der Waals surface area contributed by atoms with E-state index in [0.29, 0.717) is 6.42 Å². The van der Waals surface area contributed by atoms with Gasteiger partial charge in [0.1, 0.15) is 5.75 Å². The summed E-state index contributed by atoms with van der Waals surface area (Å²) in [5.41, 5.74) is 5.07. The molecule has 0 bridgehead atoms. The summed E-state index contributed by atoms with van der Waals surface area (Å²) < 4.78 is 5.75. The molecule has 2 aromatic carbocycles. The van der Waals surface area contributed by atoms with Crippen LogP contribution in [0.15, 0.2) is 36.4 Å². The zero-order chi connectivity index (χ0) is 20.5. The van der Waals surface area contributed by atoms with Gasteiger partial charge in [0.05, 0.1) is 12.5 Å². The minimum atomic E-state index is -0.770. The van der Waals surface area contributed by atoms with E-state index in [9.17, 15) is 9.90 Å². The van der Waals surface area contributed by atoms with Gasteiger partial charge in [-0.1, -0.05) is 32.9 Å². The zero-order valence-corrected chi connectivity index (χ0v) is 17.6. The van der Waals surface area contributed by atoms with E-state index < -0.39 is 11.9 Å². The van der Waals surface area contributed by atoms with Crippen molar-refractivity contribution in [3.63, 3.8) is 0 Å². The van der Waals surface area contributed by atoms with Crippen molar-refractivity contribution < 1.29 is 14.6 Å². The molecular weight excluding hydrogens is 350 g/mol. The molecule has 1 aliphatic rings. The molecule has 0 spiro atoms. The minimum absolute atomic E-state index is 0.0852. The number of carboxylic acid groups (broad SMARTS) is 1. The van der Waals surface area contributed by atoms with E-state index in [4.69, 9.17) is 4.74 Å². The lowest BCUT2D eigenvalue weighted by Gasteiger charge is -2.27. The number of aryl methyl sites for hydroxylation is 1. The van der Waals surface area contributed by atoms with Crippen molar-refractivity contribution in [2.75, 3.05) is 25.6 Å².